The second-order valence-electron chi connectivity index (χ2n) is 3.31. The van der Waals surface area contributed by atoms with E-state index < -0.39 is 22.7 Å². The lowest BCUT2D eigenvalue weighted by Gasteiger charge is -2.10. The van der Waals surface area contributed by atoms with E-state index in [0.717, 1.165) is 6.07 Å². The van der Waals surface area contributed by atoms with Crippen LogP contribution < -0.4 is 16.6 Å². The number of halogens is 3. The number of nitrogens with zero attached hydrogens (tertiary/aromatic N) is 2. The molecule has 0 saturated carbocycles. The minimum absolute atomic E-state index is 0.0317. The summed E-state index contributed by atoms with van der Waals surface area (Å²) in [6.45, 7) is 0.238. The van der Waals surface area contributed by atoms with Crippen molar-refractivity contribution in [3.8, 4) is 0 Å². The minimum atomic E-state index is -4.58. The Morgan fingerprint density at radius 2 is 2.11 bits per heavy atom. The van der Waals surface area contributed by atoms with Crippen molar-refractivity contribution >= 4 is 22.6 Å². The molecule has 0 bridgehead atoms. The van der Waals surface area contributed by atoms with Gasteiger partial charge < -0.3 is 5.32 Å². The zero-order valence-electron chi connectivity index (χ0n) is 9.41. The molecule has 0 aliphatic heterocycles. The fourth-order valence-corrected chi connectivity index (χ4v) is 1.46. The third-order valence-electron chi connectivity index (χ3n) is 1.84. The molecule has 18 heavy (non-hydrogen) atoms. The summed E-state index contributed by atoms with van der Waals surface area (Å²) in [5.41, 5.74) is 0.851. The van der Waals surface area contributed by atoms with E-state index in [-0.39, 0.29) is 18.3 Å². The van der Waals surface area contributed by atoms with E-state index in [9.17, 15) is 17.4 Å². The highest BCUT2D eigenvalue weighted by molar-refractivity contribution is 7.84. The number of nitrogen functional groups attached to an aromatic ring is 1. The van der Waals surface area contributed by atoms with Gasteiger partial charge in [0, 0.05) is 35.4 Å². The summed E-state index contributed by atoms with van der Waals surface area (Å²) in [4.78, 5) is 6.90. The van der Waals surface area contributed by atoms with Crippen molar-refractivity contribution in [2.24, 2.45) is 5.84 Å². The predicted molar refractivity (Wildman–Crippen MR) is 62.3 cm³/mol. The molecule has 1 aromatic rings. The standard InChI is InChI=1S/C8H12F3N5OS/c1-18(17)3-2-13-6-4-5(8(9,10)11)14-7(15-6)16-12/h4H,2-3,12H2,1H3,(H2,13,14,15,16). The smallest absolute Gasteiger partial charge is 0.369 e. The van der Waals surface area contributed by atoms with E-state index in [2.05, 4.69) is 15.3 Å². The van der Waals surface area contributed by atoms with Gasteiger partial charge in [0.25, 0.3) is 0 Å². The normalized spacial score (nSPS) is 13.2. The second-order valence-corrected chi connectivity index (χ2v) is 4.86. The predicted octanol–water partition coefficient (Wildman–Crippen LogP) is 0.571. The van der Waals surface area contributed by atoms with Gasteiger partial charge in [0.2, 0.25) is 5.95 Å². The molecule has 0 aliphatic rings. The van der Waals surface area contributed by atoms with Crippen LogP contribution in [0.5, 0.6) is 0 Å². The minimum Gasteiger partial charge on any atom is -0.369 e. The summed E-state index contributed by atoms with van der Waals surface area (Å²) in [6.07, 6.45) is -3.09. The van der Waals surface area contributed by atoms with Crippen molar-refractivity contribution in [2.45, 2.75) is 6.18 Å². The third-order valence-corrected chi connectivity index (χ3v) is 2.62. The van der Waals surface area contributed by atoms with E-state index in [1.165, 1.54) is 6.26 Å². The molecule has 1 heterocycles. The maximum absolute atomic E-state index is 12.5. The maximum atomic E-state index is 12.5. The van der Waals surface area contributed by atoms with Crippen molar-refractivity contribution in [2.75, 3.05) is 29.3 Å². The van der Waals surface area contributed by atoms with E-state index in [1.54, 1.807) is 0 Å². The van der Waals surface area contributed by atoms with E-state index >= 15 is 0 Å². The summed E-state index contributed by atoms with van der Waals surface area (Å²) in [6, 6.07) is 0.763. The lowest BCUT2D eigenvalue weighted by molar-refractivity contribution is -0.141. The van der Waals surface area contributed by atoms with Gasteiger partial charge in [-0.2, -0.15) is 18.2 Å². The number of alkyl halides is 3. The highest BCUT2D eigenvalue weighted by Crippen LogP contribution is 2.29. The van der Waals surface area contributed by atoms with Gasteiger partial charge in [0.15, 0.2) is 5.69 Å². The highest BCUT2D eigenvalue weighted by atomic mass is 32.2. The van der Waals surface area contributed by atoms with Crippen LogP contribution in [0.15, 0.2) is 6.07 Å². The van der Waals surface area contributed by atoms with Crippen molar-refractivity contribution < 1.29 is 17.4 Å². The van der Waals surface area contributed by atoms with Gasteiger partial charge in [0.1, 0.15) is 5.82 Å². The number of hydrogen-bond acceptors (Lipinski definition) is 6. The lowest BCUT2D eigenvalue weighted by atomic mass is 10.4. The van der Waals surface area contributed by atoms with Crippen LogP contribution in [0, 0.1) is 0 Å². The fraction of sp³-hybridized carbons (Fsp3) is 0.500. The molecular formula is C8H12F3N5OS. The Labute approximate surface area is 104 Å². The topological polar surface area (TPSA) is 92.9 Å². The van der Waals surface area contributed by atoms with Crippen molar-refractivity contribution in [1.82, 2.24) is 9.97 Å². The van der Waals surface area contributed by atoms with E-state index in [4.69, 9.17) is 5.84 Å². The molecule has 6 nitrogen and oxygen atoms in total. The summed E-state index contributed by atoms with van der Waals surface area (Å²) < 4.78 is 48.3. The molecule has 0 fully saturated rings. The molecule has 1 unspecified atom stereocenters. The first kappa shape index (κ1) is 14.6. The van der Waals surface area contributed by atoms with Gasteiger partial charge in [-0.05, 0) is 0 Å². The van der Waals surface area contributed by atoms with Gasteiger partial charge >= 0.3 is 6.18 Å². The number of aromatic nitrogens is 2. The zero-order chi connectivity index (χ0) is 13.8. The van der Waals surface area contributed by atoms with Crippen LogP contribution >= 0.6 is 0 Å². The third kappa shape index (κ3) is 4.45. The van der Waals surface area contributed by atoms with Gasteiger partial charge in [-0.3, -0.25) is 9.63 Å². The van der Waals surface area contributed by atoms with Crippen molar-refractivity contribution in [3.63, 3.8) is 0 Å². The maximum Gasteiger partial charge on any atom is 0.433 e. The SMILES string of the molecule is CS(=O)CCNc1cc(C(F)(F)F)nc(NN)n1. The largest absolute Gasteiger partial charge is 0.433 e. The molecule has 1 aromatic heterocycles. The molecule has 0 radical (unpaired) electrons. The first-order valence-corrected chi connectivity index (χ1v) is 6.52. The molecule has 4 N–H and O–H groups in total. The number of nitrogens with two attached hydrogens (primary N) is 1. The molecule has 102 valence electrons. The number of anilines is 2. The number of hydrazine groups is 1. The molecule has 1 atom stereocenters. The molecule has 0 aromatic carbocycles. The molecule has 0 aliphatic carbocycles. The van der Waals surface area contributed by atoms with Gasteiger partial charge in [-0.1, -0.05) is 0 Å². The Bertz CT molecular complexity index is 439. The van der Waals surface area contributed by atoms with E-state index in [1.807, 2.05) is 5.43 Å². The van der Waals surface area contributed by atoms with E-state index in [0.29, 0.717) is 5.75 Å². The van der Waals surface area contributed by atoms with Crippen LogP contribution in [0.3, 0.4) is 0 Å². The van der Waals surface area contributed by atoms with Crippen LogP contribution in [-0.2, 0) is 17.0 Å². The molecule has 1 rings (SSSR count). The average Bonchev–Trinajstić information content (AvgIpc) is 2.27. The Balaban J connectivity index is 2.87. The Hall–Kier alpha value is -1.42. The summed E-state index contributed by atoms with van der Waals surface area (Å²) in [5, 5.41) is 2.62. The van der Waals surface area contributed by atoms with Crippen LogP contribution in [-0.4, -0.2) is 32.7 Å². The van der Waals surface area contributed by atoms with Crippen molar-refractivity contribution in [3.05, 3.63) is 11.8 Å². The zero-order valence-corrected chi connectivity index (χ0v) is 10.2. The summed E-state index contributed by atoms with van der Waals surface area (Å²) >= 11 is 0. The number of hydrogen-bond donors (Lipinski definition) is 3. The number of rotatable bonds is 5. The Kier molecular flexibility index (Phi) is 4.84. The van der Waals surface area contributed by atoms with Gasteiger partial charge in [0.05, 0.1) is 0 Å². The lowest BCUT2D eigenvalue weighted by Crippen LogP contribution is -2.18. The summed E-state index contributed by atoms with van der Waals surface area (Å²) in [5.74, 6) is 4.92. The fourth-order valence-electron chi connectivity index (χ4n) is 1.07. The number of nitrogens with one attached hydrogen (secondary N) is 2. The molecule has 0 amide bonds. The Morgan fingerprint density at radius 1 is 1.44 bits per heavy atom. The van der Waals surface area contributed by atoms with Crippen LogP contribution in [0.25, 0.3) is 0 Å². The first-order valence-electron chi connectivity index (χ1n) is 4.79. The molecule has 0 spiro atoms. The Morgan fingerprint density at radius 3 is 2.61 bits per heavy atom. The second kappa shape index (κ2) is 5.96. The molecule has 10 heteroatoms. The first-order chi connectivity index (χ1) is 8.32. The monoisotopic (exact) mass is 283 g/mol. The summed E-state index contributed by atoms with van der Waals surface area (Å²) in [7, 11) is -1.04. The molecule has 0 saturated heterocycles. The van der Waals surface area contributed by atoms with Crippen LogP contribution in [0.1, 0.15) is 5.69 Å². The van der Waals surface area contributed by atoms with Gasteiger partial charge in [-0.15, -0.1) is 0 Å². The quantitative estimate of drug-likeness (QED) is 0.540. The van der Waals surface area contributed by atoms with Crippen LogP contribution in [0.4, 0.5) is 24.9 Å². The highest BCUT2D eigenvalue weighted by Gasteiger charge is 2.33. The van der Waals surface area contributed by atoms with Gasteiger partial charge in [-0.25, -0.2) is 10.8 Å². The molecular weight excluding hydrogens is 271 g/mol. The average molecular weight is 283 g/mol. The van der Waals surface area contributed by atoms with Crippen LogP contribution in [0.2, 0.25) is 0 Å². The van der Waals surface area contributed by atoms with Crippen molar-refractivity contribution in [1.29, 1.82) is 0 Å².